The highest BCUT2D eigenvalue weighted by Gasteiger charge is 2.21. The van der Waals surface area contributed by atoms with Crippen LogP contribution in [0.4, 0.5) is 17.5 Å². The van der Waals surface area contributed by atoms with Crippen LogP contribution < -0.4 is 10.2 Å². The maximum Gasteiger partial charge on any atom is 0.229 e. The molecule has 3 heterocycles. The zero-order valence-electron chi connectivity index (χ0n) is 20.5. The van der Waals surface area contributed by atoms with Crippen molar-refractivity contribution in [1.82, 2.24) is 15.0 Å². The average Bonchev–Trinajstić information content (AvgIpc) is 2.85. The molecule has 1 fully saturated rings. The summed E-state index contributed by atoms with van der Waals surface area (Å²) in [6.07, 6.45) is 7.96. The Morgan fingerprint density at radius 1 is 1.15 bits per heavy atom. The average molecular weight is 448 g/mol. The Balaban J connectivity index is 1.65. The quantitative estimate of drug-likeness (QED) is 0.419. The second-order valence-electron chi connectivity index (χ2n) is 9.06. The summed E-state index contributed by atoms with van der Waals surface area (Å²) in [4.78, 5) is 16.6. The number of rotatable bonds is 9. The minimum absolute atomic E-state index is 0.164. The molecule has 4 rings (SSSR count). The van der Waals surface area contributed by atoms with Crippen LogP contribution in [0.15, 0.2) is 36.5 Å². The Morgan fingerprint density at radius 3 is 2.67 bits per heavy atom. The Kier molecular flexibility index (Phi) is 7.76. The van der Waals surface area contributed by atoms with E-state index >= 15 is 0 Å². The number of anilines is 3. The van der Waals surface area contributed by atoms with Gasteiger partial charge < -0.3 is 15.0 Å². The summed E-state index contributed by atoms with van der Waals surface area (Å²) in [5.74, 6) is 2.15. The zero-order chi connectivity index (χ0) is 23.2. The Bertz CT molecular complexity index is 1050. The summed E-state index contributed by atoms with van der Waals surface area (Å²) in [6.45, 7) is 11.0. The Hall–Kier alpha value is -2.73. The summed E-state index contributed by atoms with van der Waals surface area (Å²) >= 11 is 0. The van der Waals surface area contributed by atoms with E-state index in [-0.39, 0.29) is 6.10 Å². The van der Waals surface area contributed by atoms with Gasteiger partial charge in [-0.3, -0.25) is 0 Å². The lowest BCUT2D eigenvalue weighted by Gasteiger charge is -2.31. The van der Waals surface area contributed by atoms with Crippen LogP contribution in [0.25, 0.3) is 11.0 Å². The largest absolute Gasteiger partial charge is 0.375 e. The van der Waals surface area contributed by atoms with E-state index < -0.39 is 0 Å². The Morgan fingerprint density at radius 2 is 1.97 bits per heavy atom. The lowest BCUT2D eigenvalue weighted by atomic mass is 9.91. The van der Waals surface area contributed by atoms with Crippen LogP contribution >= 0.6 is 0 Å². The second-order valence-corrected chi connectivity index (χ2v) is 9.06. The van der Waals surface area contributed by atoms with E-state index in [1.807, 2.05) is 6.20 Å². The normalized spacial score (nSPS) is 17.3. The highest BCUT2D eigenvalue weighted by molar-refractivity contribution is 5.90. The molecule has 0 amide bonds. The molecule has 6 heteroatoms. The summed E-state index contributed by atoms with van der Waals surface area (Å²) < 4.78 is 5.71. The standard InChI is InChI=1S/C27H37N5O/c1-5-8-9-21(7-3)22-10-12-23(13-11-22)29-26-24-16-20(6-2)17-28-25(24)30-27(31-26)32-14-15-33-19(4)18-32/h10-13,16-17,19,21H,5-9,14-15,18H2,1-4H3,(H,28,29,30,31)/t19-,21?/m1/s1. The van der Waals surface area contributed by atoms with Gasteiger partial charge in [0, 0.05) is 25.0 Å². The monoisotopic (exact) mass is 447 g/mol. The molecule has 1 saturated heterocycles. The van der Waals surface area contributed by atoms with Crippen molar-refractivity contribution in [1.29, 1.82) is 0 Å². The van der Waals surface area contributed by atoms with Crippen LogP contribution in [-0.2, 0) is 11.2 Å². The fraction of sp³-hybridized carbons (Fsp3) is 0.519. The molecule has 1 aliphatic heterocycles. The van der Waals surface area contributed by atoms with Gasteiger partial charge in [0.15, 0.2) is 5.65 Å². The van der Waals surface area contributed by atoms with Gasteiger partial charge in [-0.2, -0.15) is 9.97 Å². The number of hydrogen-bond donors (Lipinski definition) is 1. The van der Waals surface area contributed by atoms with Crippen molar-refractivity contribution >= 4 is 28.5 Å². The van der Waals surface area contributed by atoms with E-state index in [0.29, 0.717) is 18.5 Å². The van der Waals surface area contributed by atoms with E-state index in [9.17, 15) is 0 Å². The molecule has 0 radical (unpaired) electrons. The number of aromatic nitrogens is 3. The van der Waals surface area contributed by atoms with Crippen LogP contribution in [-0.4, -0.2) is 40.8 Å². The first-order valence-electron chi connectivity index (χ1n) is 12.5. The minimum Gasteiger partial charge on any atom is -0.375 e. The molecule has 1 N–H and O–H groups in total. The first-order valence-corrected chi connectivity index (χ1v) is 12.5. The van der Waals surface area contributed by atoms with E-state index in [1.165, 1.54) is 36.8 Å². The molecule has 0 aliphatic carbocycles. The van der Waals surface area contributed by atoms with Gasteiger partial charge in [0.1, 0.15) is 5.82 Å². The van der Waals surface area contributed by atoms with E-state index in [0.717, 1.165) is 42.0 Å². The van der Waals surface area contributed by atoms with Gasteiger partial charge >= 0.3 is 0 Å². The highest BCUT2D eigenvalue weighted by Crippen LogP contribution is 2.30. The first kappa shape index (κ1) is 23.4. The van der Waals surface area contributed by atoms with E-state index in [4.69, 9.17) is 14.7 Å². The number of ether oxygens (including phenoxy) is 1. The number of nitrogens with zero attached hydrogens (tertiary/aromatic N) is 4. The van der Waals surface area contributed by atoms with Crippen molar-refractivity contribution < 1.29 is 4.74 Å². The summed E-state index contributed by atoms with van der Waals surface area (Å²) in [6, 6.07) is 11.0. The number of nitrogens with one attached hydrogen (secondary N) is 1. The van der Waals surface area contributed by atoms with Crippen molar-refractivity contribution in [2.75, 3.05) is 29.9 Å². The summed E-state index contributed by atoms with van der Waals surface area (Å²) in [5.41, 5.74) is 4.36. The van der Waals surface area contributed by atoms with Gasteiger partial charge in [0.2, 0.25) is 5.95 Å². The molecular formula is C27H37N5O. The molecule has 0 spiro atoms. The molecule has 6 nitrogen and oxygen atoms in total. The highest BCUT2D eigenvalue weighted by atomic mass is 16.5. The lowest BCUT2D eigenvalue weighted by molar-refractivity contribution is 0.0526. The molecule has 0 bridgehead atoms. The number of morpholine rings is 1. The maximum absolute atomic E-state index is 5.71. The van der Waals surface area contributed by atoms with Crippen molar-refractivity contribution in [3.8, 4) is 0 Å². The number of aryl methyl sites for hydroxylation is 1. The molecule has 2 atom stereocenters. The summed E-state index contributed by atoms with van der Waals surface area (Å²) in [5, 5.41) is 4.52. The number of unbranched alkanes of at least 4 members (excludes halogenated alkanes) is 1. The van der Waals surface area contributed by atoms with Gasteiger partial charge in [-0.25, -0.2) is 4.98 Å². The van der Waals surface area contributed by atoms with Gasteiger partial charge in [-0.1, -0.05) is 45.7 Å². The predicted molar refractivity (Wildman–Crippen MR) is 137 cm³/mol. The van der Waals surface area contributed by atoms with Crippen LogP contribution in [0, 0.1) is 0 Å². The van der Waals surface area contributed by atoms with Crippen molar-refractivity contribution in [2.45, 2.75) is 71.8 Å². The van der Waals surface area contributed by atoms with Crippen LogP contribution in [0.1, 0.15) is 70.4 Å². The predicted octanol–water partition coefficient (Wildman–Crippen LogP) is 6.24. The molecule has 3 aromatic rings. The third kappa shape index (κ3) is 5.61. The smallest absolute Gasteiger partial charge is 0.229 e. The number of pyridine rings is 1. The van der Waals surface area contributed by atoms with E-state index in [1.54, 1.807) is 0 Å². The third-order valence-corrected chi connectivity index (χ3v) is 6.57. The van der Waals surface area contributed by atoms with Crippen molar-refractivity contribution in [2.24, 2.45) is 0 Å². The fourth-order valence-electron chi connectivity index (χ4n) is 4.51. The minimum atomic E-state index is 0.164. The number of hydrogen-bond acceptors (Lipinski definition) is 6. The van der Waals surface area contributed by atoms with E-state index in [2.05, 4.69) is 73.2 Å². The second kappa shape index (κ2) is 10.9. The van der Waals surface area contributed by atoms with Gasteiger partial charge in [0.05, 0.1) is 18.1 Å². The van der Waals surface area contributed by atoms with Crippen molar-refractivity contribution in [3.05, 3.63) is 47.7 Å². The molecule has 1 aliphatic rings. The van der Waals surface area contributed by atoms with Gasteiger partial charge in [0.25, 0.3) is 0 Å². The van der Waals surface area contributed by atoms with Crippen molar-refractivity contribution in [3.63, 3.8) is 0 Å². The molecule has 1 aromatic carbocycles. The molecule has 2 aromatic heterocycles. The van der Waals surface area contributed by atoms with Gasteiger partial charge in [-0.15, -0.1) is 0 Å². The SMILES string of the molecule is CCCCC(CC)c1ccc(Nc2nc(N3CCO[C@H](C)C3)nc3ncc(CC)cc23)cc1. The third-order valence-electron chi connectivity index (χ3n) is 6.57. The molecule has 33 heavy (non-hydrogen) atoms. The molecule has 0 saturated carbocycles. The topological polar surface area (TPSA) is 63.2 Å². The first-order chi connectivity index (χ1) is 16.1. The molecule has 1 unspecified atom stereocenters. The van der Waals surface area contributed by atoms with Crippen LogP contribution in [0.3, 0.4) is 0 Å². The van der Waals surface area contributed by atoms with Gasteiger partial charge in [-0.05, 0) is 61.4 Å². The number of fused-ring (bicyclic) bond motifs is 1. The number of benzene rings is 1. The summed E-state index contributed by atoms with van der Waals surface area (Å²) in [7, 11) is 0. The maximum atomic E-state index is 5.71. The van der Waals surface area contributed by atoms with Crippen LogP contribution in [0.2, 0.25) is 0 Å². The molecule has 176 valence electrons. The lowest BCUT2D eigenvalue weighted by Crippen LogP contribution is -2.42. The molecular weight excluding hydrogens is 410 g/mol. The zero-order valence-corrected chi connectivity index (χ0v) is 20.5. The fourth-order valence-corrected chi connectivity index (χ4v) is 4.51. The van der Waals surface area contributed by atoms with Crippen LogP contribution in [0.5, 0.6) is 0 Å². The Labute approximate surface area is 197 Å².